The molecular formula is C11H8F4N4O2. The quantitative estimate of drug-likeness (QED) is 0.831. The molecule has 0 saturated carbocycles. The van der Waals surface area contributed by atoms with Gasteiger partial charge in [-0.3, -0.25) is 10.1 Å². The van der Waals surface area contributed by atoms with Crippen LogP contribution in [-0.2, 0) is 13.2 Å². The van der Waals surface area contributed by atoms with Crippen molar-refractivity contribution in [2.45, 2.75) is 6.18 Å². The van der Waals surface area contributed by atoms with Crippen LogP contribution in [0.15, 0.2) is 18.2 Å². The summed E-state index contributed by atoms with van der Waals surface area (Å²) in [7, 11) is 1.02. The highest BCUT2D eigenvalue weighted by Gasteiger charge is 2.37. The number of nitrogens with zero attached hydrogens (tertiary/aromatic N) is 3. The van der Waals surface area contributed by atoms with Gasteiger partial charge >= 0.3 is 6.18 Å². The molecule has 1 aromatic carbocycles. The van der Waals surface area contributed by atoms with Crippen molar-refractivity contribution in [3.63, 3.8) is 0 Å². The zero-order chi connectivity index (χ0) is 15.8. The highest BCUT2D eigenvalue weighted by Crippen LogP contribution is 2.27. The second kappa shape index (κ2) is 5.04. The largest absolute Gasteiger partial charge is 0.505 e. The Labute approximate surface area is 115 Å². The number of phenols is 1. The van der Waals surface area contributed by atoms with Crippen LogP contribution in [0, 0.1) is 5.82 Å². The van der Waals surface area contributed by atoms with Crippen LogP contribution < -0.4 is 5.32 Å². The van der Waals surface area contributed by atoms with Crippen LogP contribution in [0.2, 0.25) is 0 Å². The van der Waals surface area contributed by atoms with E-state index in [-0.39, 0.29) is 5.56 Å². The van der Waals surface area contributed by atoms with Gasteiger partial charge in [0.1, 0.15) is 0 Å². The third kappa shape index (κ3) is 3.09. The number of aryl methyl sites for hydroxylation is 1. The molecule has 1 aromatic heterocycles. The molecule has 0 aliphatic carbocycles. The van der Waals surface area contributed by atoms with Gasteiger partial charge in [0.25, 0.3) is 5.91 Å². The van der Waals surface area contributed by atoms with Crippen molar-refractivity contribution in [3.8, 4) is 5.75 Å². The molecule has 0 aliphatic rings. The number of halogens is 4. The minimum Gasteiger partial charge on any atom is -0.505 e. The molecule has 0 saturated heterocycles. The van der Waals surface area contributed by atoms with Crippen LogP contribution in [0.1, 0.15) is 16.2 Å². The van der Waals surface area contributed by atoms with Crippen molar-refractivity contribution in [1.29, 1.82) is 0 Å². The lowest BCUT2D eigenvalue weighted by molar-refractivity contribution is -0.147. The molecule has 10 heteroatoms. The predicted molar refractivity (Wildman–Crippen MR) is 62.0 cm³/mol. The molecule has 2 aromatic rings. The summed E-state index contributed by atoms with van der Waals surface area (Å²) in [5.41, 5.74) is -0.202. The van der Waals surface area contributed by atoms with E-state index in [2.05, 4.69) is 10.1 Å². The normalized spacial score (nSPS) is 11.5. The standard InChI is InChI=1S/C11H8F4N4O2/c1-19-9(11(13,14)15)17-10(18-19)16-8(21)5-2-3-7(20)6(12)4-5/h2-4,20H,1H3,(H,16,18,21). The fraction of sp³-hybridized carbons (Fsp3) is 0.182. The van der Waals surface area contributed by atoms with Crippen molar-refractivity contribution < 1.29 is 27.5 Å². The van der Waals surface area contributed by atoms with Crippen molar-refractivity contribution in [2.75, 3.05) is 5.32 Å². The topological polar surface area (TPSA) is 80.0 Å². The molecule has 1 heterocycles. The first-order valence-corrected chi connectivity index (χ1v) is 5.46. The van der Waals surface area contributed by atoms with Crippen molar-refractivity contribution in [3.05, 3.63) is 35.4 Å². The van der Waals surface area contributed by atoms with Gasteiger partial charge in [-0.05, 0) is 18.2 Å². The smallest absolute Gasteiger partial charge is 0.451 e. The molecule has 0 atom stereocenters. The van der Waals surface area contributed by atoms with Crippen LogP contribution >= 0.6 is 0 Å². The van der Waals surface area contributed by atoms with Gasteiger partial charge in [-0.2, -0.15) is 18.2 Å². The number of phenolic OH excluding ortho intramolecular Hbond substituents is 1. The highest BCUT2D eigenvalue weighted by atomic mass is 19.4. The van der Waals surface area contributed by atoms with Crippen LogP contribution in [0.3, 0.4) is 0 Å². The number of nitrogens with one attached hydrogen (secondary N) is 1. The Bertz CT molecular complexity index is 696. The van der Waals surface area contributed by atoms with Gasteiger partial charge in [0.15, 0.2) is 11.6 Å². The van der Waals surface area contributed by atoms with E-state index in [0.717, 1.165) is 25.2 Å². The number of amides is 1. The highest BCUT2D eigenvalue weighted by molar-refractivity contribution is 6.03. The van der Waals surface area contributed by atoms with Crippen LogP contribution in [0.25, 0.3) is 0 Å². The van der Waals surface area contributed by atoms with Crippen molar-refractivity contribution in [1.82, 2.24) is 14.8 Å². The van der Waals surface area contributed by atoms with E-state index < -0.39 is 35.4 Å². The first kappa shape index (κ1) is 14.8. The predicted octanol–water partition coefficient (Wildman–Crippen LogP) is 1.93. The molecule has 0 aliphatic heterocycles. The number of anilines is 1. The molecule has 0 unspecified atom stereocenters. The summed E-state index contributed by atoms with van der Waals surface area (Å²) < 4.78 is 51.1. The number of hydrogen-bond donors (Lipinski definition) is 2. The Hall–Kier alpha value is -2.65. The number of hydrogen-bond acceptors (Lipinski definition) is 4. The lowest BCUT2D eigenvalue weighted by Gasteiger charge is -2.02. The van der Waals surface area contributed by atoms with Gasteiger partial charge in [0, 0.05) is 12.6 Å². The number of carbonyl (C=O) groups excluding carboxylic acids is 1. The molecule has 2 N–H and O–H groups in total. The van der Waals surface area contributed by atoms with Crippen LogP contribution in [0.4, 0.5) is 23.5 Å². The van der Waals surface area contributed by atoms with E-state index >= 15 is 0 Å². The first-order valence-electron chi connectivity index (χ1n) is 5.46. The average Bonchev–Trinajstić information content (AvgIpc) is 2.73. The Morgan fingerprint density at radius 1 is 1.38 bits per heavy atom. The summed E-state index contributed by atoms with van der Waals surface area (Å²) in [6.07, 6.45) is -4.71. The molecule has 0 fully saturated rings. The lowest BCUT2D eigenvalue weighted by Crippen LogP contribution is -2.14. The van der Waals surface area contributed by atoms with Gasteiger partial charge < -0.3 is 5.11 Å². The van der Waals surface area contributed by atoms with Gasteiger partial charge in [-0.15, -0.1) is 5.10 Å². The second-order valence-corrected chi connectivity index (χ2v) is 4.00. The third-order valence-electron chi connectivity index (χ3n) is 2.45. The molecule has 0 radical (unpaired) electrons. The molecule has 21 heavy (non-hydrogen) atoms. The van der Waals surface area contributed by atoms with E-state index in [1.54, 1.807) is 0 Å². The van der Waals surface area contributed by atoms with E-state index in [0.29, 0.717) is 4.68 Å². The Kier molecular flexibility index (Phi) is 3.54. The maximum Gasteiger partial charge on any atom is 0.451 e. The summed E-state index contributed by atoms with van der Waals surface area (Å²) in [6.45, 7) is 0. The number of benzene rings is 1. The fourth-order valence-corrected chi connectivity index (χ4v) is 1.51. The zero-order valence-electron chi connectivity index (χ0n) is 10.4. The Morgan fingerprint density at radius 2 is 2.05 bits per heavy atom. The lowest BCUT2D eigenvalue weighted by atomic mass is 10.2. The fourth-order valence-electron chi connectivity index (χ4n) is 1.51. The minimum absolute atomic E-state index is 0.202. The number of rotatable bonds is 2. The maximum absolute atomic E-state index is 13.1. The van der Waals surface area contributed by atoms with Gasteiger partial charge in [-0.25, -0.2) is 9.07 Å². The molecule has 1 amide bonds. The van der Waals surface area contributed by atoms with Crippen LogP contribution in [-0.4, -0.2) is 25.8 Å². The first-order chi connectivity index (χ1) is 9.68. The Morgan fingerprint density at radius 3 is 2.57 bits per heavy atom. The number of aromatic nitrogens is 3. The van der Waals surface area contributed by atoms with E-state index in [1.807, 2.05) is 5.32 Å². The third-order valence-corrected chi connectivity index (χ3v) is 2.45. The van der Waals surface area contributed by atoms with Crippen molar-refractivity contribution >= 4 is 11.9 Å². The summed E-state index contributed by atoms with van der Waals surface area (Å²) in [6, 6.07) is 2.77. The molecule has 0 bridgehead atoms. The average molecular weight is 304 g/mol. The molecule has 112 valence electrons. The molecular weight excluding hydrogens is 296 g/mol. The number of alkyl halides is 3. The SMILES string of the molecule is Cn1nc(NC(=O)c2ccc(O)c(F)c2)nc1C(F)(F)F. The van der Waals surface area contributed by atoms with Gasteiger partial charge in [0.2, 0.25) is 11.8 Å². The second-order valence-electron chi connectivity index (χ2n) is 4.00. The summed E-state index contributed by atoms with van der Waals surface area (Å²) in [4.78, 5) is 14.9. The molecule has 2 rings (SSSR count). The summed E-state index contributed by atoms with van der Waals surface area (Å²) in [5.74, 6) is -4.44. The summed E-state index contributed by atoms with van der Waals surface area (Å²) >= 11 is 0. The number of carbonyl (C=O) groups is 1. The van der Waals surface area contributed by atoms with E-state index in [9.17, 15) is 22.4 Å². The molecule has 0 spiro atoms. The van der Waals surface area contributed by atoms with Crippen molar-refractivity contribution in [2.24, 2.45) is 7.05 Å². The maximum atomic E-state index is 13.1. The molecule has 6 nitrogen and oxygen atoms in total. The summed E-state index contributed by atoms with van der Waals surface area (Å²) in [5, 5.41) is 14.4. The Balaban J connectivity index is 2.22. The van der Waals surface area contributed by atoms with Crippen LogP contribution in [0.5, 0.6) is 5.75 Å². The minimum atomic E-state index is -4.71. The number of aromatic hydroxyl groups is 1. The monoisotopic (exact) mass is 304 g/mol. The van der Waals surface area contributed by atoms with Gasteiger partial charge in [0.05, 0.1) is 0 Å². The van der Waals surface area contributed by atoms with E-state index in [1.165, 1.54) is 0 Å². The van der Waals surface area contributed by atoms with E-state index in [4.69, 9.17) is 5.11 Å². The van der Waals surface area contributed by atoms with Gasteiger partial charge in [-0.1, -0.05) is 0 Å². The zero-order valence-corrected chi connectivity index (χ0v) is 10.4.